The Hall–Kier alpha value is -14.2. The highest BCUT2D eigenvalue weighted by atomic mass is 79.9. The van der Waals surface area contributed by atoms with Gasteiger partial charge in [-0.25, -0.2) is 0 Å². The summed E-state index contributed by atoms with van der Waals surface area (Å²) in [5.41, 5.74) is 13.4. The Kier molecular flexibility index (Phi) is 18.7. The second-order valence-electron chi connectivity index (χ2n) is 27.0. The molecule has 4 nitrogen and oxygen atoms in total. The van der Waals surface area contributed by atoms with Gasteiger partial charge in [-0.3, -0.25) is 0 Å². The molecule has 0 aliphatic carbocycles. The highest BCUT2D eigenvalue weighted by molar-refractivity contribution is 9.11. The third-order valence-electron chi connectivity index (χ3n) is 19.0. The minimum absolute atomic E-state index is 0.00979. The van der Waals surface area contributed by atoms with Crippen LogP contribution in [0.1, 0.15) is 32.9 Å². The monoisotopic (exact) mass is 1770 g/mol. The largest absolute Gasteiger partial charge is 0.356 e. The summed E-state index contributed by atoms with van der Waals surface area (Å²) >= 11 is 9.38. The van der Waals surface area contributed by atoms with Gasteiger partial charge in [0.1, 0.15) is 0 Å². The molecule has 0 unspecified atom stereocenters. The van der Waals surface area contributed by atoms with Crippen molar-refractivity contribution in [3.05, 3.63) is 522 Å². The molecule has 19 aromatic rings. The molecule has 0 amide bonds. The van der Waals surface area contributed by atoms with Crippen LogP contribution in [0, 0.1) is 0 Å². The molecule has 0 aromatic heterocycles. The highest BCUT2D eigenvalue weighted by Crippen LogP contribution is 2.41. The van der Waals surface area contributed by atoms with Gasteiger partial charge >= 0.3 is 0 Å². The first-order valence-electron chi connectivity index (χ1n) is 50.5. The van der Waals surface area contributed by atoms with Gasteiger partial charge in [-0.1, -0.05) is 387 Å². The Morgan fingerprint density at radius 2 is 0.314 bits per heavy atom. The van der Waals surface area contributed by atoms with Crippen molar-refractivity contribution < 1.29 is 32.9 Å². The molecule has 0 aliphatic rings. The fourth-order valence-electron chi connectivity index (χ4n) is 13.0. The van der Waals surface area contributed by atoms with Gasteiger partial charge in [0.15, 0.2) is 0 Å². The van der Waals surface area contributed by atoms with Gasteiger partial charge in [0.2, 0.25) is 0 Å². The molecule has 0 saturated carbocycles. The van der Waals surface area contributed by atoms with Crippen molar-refractivity contribution in [1.82, 2.24) is 0 Å². The topological polar surface area (TPSA) is 21.8 Å². The summed E-state index contributed by atoms with van der Waals surface area (Å²) in [7, 11) is 0. The molecule has 0 saturated heterocycles. The third kappa shape index (κ3) is 21.2. The van der Waals surface area contributed by atoms with E-state index >= 15 is 0 Å². The van der Waals surface area contributed by atoms with E-state index in [9.17, 15) is 5.48 Å². The zero-order chi connectivity index (χ0) is 103. The van der Waals surface area contributed by atoms with Crippen LogP contribution in [0.25, 0.3) is 89.0 Å². The fourth-order valence-corrected chi connectivity index (χ4v) is 13.6. The molecule has 0 atom stereocenters. The molecule has 0 radical (unpaired) electrons. The second-order valence-corrected chi connectivity index (χ2v) is 29.5. The zero-order valence-electron chi connectivity index (χ0n) is 88.6. The van der Waals surface area contributed by atoms with E-state index < -0.39 is 72.5 Å². The van der Waals surface area contributed by atoms with E-state index in [1.165, 1.54) is 11.1 Å². The lowest BCUT2D eigenvalue weighted by Crippen LogP contribution is -2.09. The lowest BCUT2D eigenvalue weighted by molar-refractivity contribution is 1.28. The molecule has 121 heavy (non-hydrogen) atoms. The molecular formula is C114H85Br3N4. The van der Waals surface area contributed by atoms with E-state index in [0.29, 0.717) is 28.1 Å². The van der Waals surface area contributed by atoms with Crippen molar-refractivity contribution in [2.24, 2.45) is 0 Å². The Bertz CT molecular complexity index is 7720. The van der Waals surface area contributed by atoms with E-state index in [-0.39, 0.29) is 137 Å². The number of hydrogen-bond acceptors (Lipinski definition) is 4. The first kappa shape index (κ1) is 56.3. The van der Waals surface area contributed by atoms with E-state index in [0.717, 1.165) is 61.1 Å². The average molecular weight is 1770 g/mol. The van der Waals surface area contributed by atoms with Crippen molar-refractivity contribution in [3.8, 4) is 89.0 Å². The van der Waals surface area contributed by atoms with Crippen molar-refractivity contribution in [2.45, 2.75) is 0 Å². The molecule has 0 fully saturated rings. The van der Waals surface area contributed by atoms with Crippen LogP contribution >= 0.6 is 47.8 Å². The number of anilines is 11. The number of halogens is 3. The van der Waals surface area contributed by atoms with Gasteiger partial charge in [-0.15, -0.1) is 0 Å². The molecule has 1 N–H and O–H groups in total. The maximum Gasteiger partial charge on any atom is 0.0645 e. The fraction of sp³-hybridized carbons (Fsp3) is 0. The SMILES string of the molecule is [2H]c1c([2H])c(-c2c([2H])c([2H])c(-c3ccc(Br)cc3)c([2H])c2[2H])c([2H])c([2H])c1Br.[2H]c1c([2H])c(-c2c([2H])c([2H])c(-c3ccc(N(c4ccccc4)c4ccccc4)cc3)c([2H])c2[2H])c([2H])c([2H])c1Br.[2H]c1c([2H])c(-c2c([2H])c([2H])c(N(c3ccccc3)c3ccc(-c4ccccc4)cc3)c([2H])c2[2H])c([2H])c([2H])c1-c1ccc(N(c2ccccc2)c2ccccc2)cc1.c1ccc(Nc2ccc(-c3ccccc3)cc2)cc1. The van der Waals surface area contributed by atoms with Crippen LogP contribution < -0.4 is 20.0 Å². The van der Waals surface area contributed by atoms with Gasteiger partial charge in [0, 0.05) is 76.0 Å². The molecule has 0 spiro atoms. The summed E-state index contributed by atoms with van der Waals surface area (Å²) in [5.74, 6) is 0. The van der Waals surface area contributed by atoms with E-state index in [4.69, 9.17) is 27.4 Å². The normalized spacial score (nSPS) is 13.4. The van der Waals surface area contributed by atoms with Crippen molar-refractivity contribution >= 4 is 110 Å². The van der Waals surface area contributed by atoms with Gasteiger partial charge < -0.3 is 20.0 Å². The predicted octanol–water partition coefficient (Wildman–Crippen LogP) is 34.5. The van der Waals surface area contributed by atoms with Crippen LogP contribution in [0.5, 0.6) is 0 Å². The molecule has 0 bridgehead atoms. The predicted molar refractivity (Wildman–Crippen MR) is 526 cm³/mol. The highest BCUT2D eigenvalue weighted by Gasteiger charge is 2.17. The van der Waals surface area contributed by atoms with Gasteiger partial charge in [-0.2, -0.15) is 0 Å². The average Bonchev–Trinajstić information content (AvgIpc) is 1.63. The smallest absolute Gasteiger partial charge is 0.0645 e. The standard InChI is InChI=1S/C48H36N2.C30H22BrN.C18H12Br2.C18H15N/c1-5-13-37(14-6-1)40-25-31-47(32-26-40)50(45-19-11-4-12-20-45)48-35-29-42(30-36-48)39-23-21-38(22-24-39)41-27-33-46(34-28-41)49(43-15-7-2-8-16-43)44-17-9-3-10-18-44;31-27-19-15-25(16-20-27)23-11-13-24(14-12-23)26-17-21-30(22-18-26)32(28-7-3-1-4-8-28)29-9-5-2-6-10-29;19-17-9-5-15(6-10-17)13-1-2-14(4-3-13)16-7-11-18(20)12-8-16;1-3-7-15(8-4-1)16-11-13-18(14-12-16)19-17-9-5-2-6-10-17/h1-36H;1-22H;1-12H;1-14,19H/i21D,22D,23D,24D,29D,30D,35D,36D;11D,12D,13D,14D,15D,16D,19D,20D;1D,2D,3D,4D,5D,6D,9D,10D;. The minimum atomic E-state index is -0.474. The van der Waals surface area contributed by atoms with Crippen molar-refractivity contribution in [3.63, 3.8) is 0 Å². The quantitative estimate of drug-likeness (QED) is 0.0871. The Balaban J connectivity index is 0.000000150. The maximum atomic E-state index is 9.28. The first-order chi connectivity index (χ1) is 69.8. The second kappa shape index (κ2) is 40.3. The Labute approximate surface area is 770 Å². The summed E-state index contributed by atoms with van der Waals surface area (Å²) in [5, 5.41) is 3.38. The Morgan fingerprint density at radius 3 is 0.587 bits per heavy atom. The van der Waals surface area contributed by atoms with Crippen LogP contribution in [-0.4, -0.2) is 0 Å². The summed E-state index contributed by atoms with van der Waals surface area (Å²) in [6.45, 7) is 0. The van der Waals surface area contributed by atoms with E-state index in [1.54, 1.807) is 53.4 Å². The minimum Gasteiger partial charge on any atom is -0.356 e. The lowest BCUT2D eigenvalue weighted by Gasteiger charge is -2.26. The van der Waals surface area contributed by atoms with Crippen LogP contribution in [0.4, 0.5) is 62.6 Å². The molecular weight excluding hydrogens is 1660 g/mol. The summed E-state index contributed by atoms with van der Waals surface area (Å²) < 4.78 is 208. The van der Waals surface area contributed by atoms with Crippen molar-refractivity contribution in [2.75, 3.05) is 20.0 Å². The molecule has 0 heterocycles. The van der Waals surface area contributed by atoms with Crippen LogP contribution in [0.3, 0.4) is 0 Å². The third-order valence-corrected chi connectivity index (χ3v) is 20.3. The zero-order valence-corrected chi connectivity index (χ0v) is 69.4. The number of benzene rings is 19. The number of nitrogens with zero attached hydrogens (tertiary/aromatic N) is 3. The number of nitrogens with one attached hydrogen (secondary N) is 1. The number of para-hydroxylation sites is 6. The van der Waals surface area contributed by atoms with Gasteiger partial charge in [-0.05, 0) is 259 Å². The lowest BCUT2D eigenvalue weighted by atomic mass is 9.99. The Morgan fingerprint density at radius 1 is 0.140 bits per heavy atom. The molecule has 582 valence electrons. The molecule has 19 rings (SSSR count). The first-order valence-corrected chi connectivity index (χ1v) is 40.9. The number of hydrogen-bond donors (Lipinski definition) is 1. The van der Waals surface area contributed by atoms with Gasteiger partial charge in [0.05, 0.1) is 32.9 Å². The summed E-state index contributed by atoms with van der Waals surface area (Å²) in [6.07, 6.45) is 0. The van der Waals surface area contributed by atoms with Crippen LogP contribution in [0.15, 0.2) is 522 Å². The maximum absolute atomic E-state index is 9.28. The molecule has 0 aliphatic heterocycles. The van der Waals surface area contributed by atoms with Gasteiger partial charge in [0.25, 0.3) is 0 Å². The molecule has 19 aromatic carbocycles. The number of rotatable bonds is 19. The summed E-state index contributed by atoms with van der Waals surface area (Å²) in [6, 6.07) is 107. The van der Waals surface area contributed by atoms with E-state index in [1.807, 2.05) is 255 Å². The van der Waals surface area contributed by atoms with E-state index in [2.05, 4.69) is 124 Å². The van der Waals surface area contributed by atoms with Crippen molar-refractivity contribution in [1.29, 1.82) is 0 Å². The van der Waals surface area contributed by atoms with Crippen LogP contribution in [0.2, 0.25) is 0 Å². The van der Waals surface area contributed by atoms with Crippen LogP contribution in [-0.2, 0) is 0 Å². The summed E-state index contributed by atoms with van der Waals surface area (Å²) in [4.78, 5) is 5.81. The molecule has 7 heteroatoms.